The van der Waals surface area contributed by atoms with E-state index in [0.717, 1.165) is 62.5 Å². The van der Waals surface area contributed by atoms with Crippen LogP contribution in [0.2, 0.25) is 0 Å². The number of aryl methyl sites for hydroxylation is 1. The summed E-state index contributed by atoms with van der Waals surface area (Å²) in [6.07, 6.45) is 7.19. The number of piperidine rings is 1. The molecular weight excluding hydrogens is 340 g/mol. The summed E-state index contributed by atoms with van der Waals surface area (Å²) < 4.78 is 0. The molecule has 0 aromatic carbocycles. The van der Waals surface area contributed by atoms with Crippen molar-refractivity contribution in [1.82, 2.24) is 15.0 Å². The summed E-state index contributed by atoms with van der Waals surface area (Å²) in [4.78, 5) is 17.5. The van der Waals surface area contributed by atoms with E-state index in [2.05, 4.69) is 26.8 Å². The highest BCUT2D eigenvalue weighted by atomic mass is 15.2. The second kappa shape index (κ2) is 6.77. The molecule has 0 aliphatic carbocycles. The minimum absolute atomic E-state index is 0.118. The maximum absolute atomic E-state index is 8.65. The van der Waals surface area contributed by atoms with E-state index in [-0.39, 0.29) is 17.2 Å². The van der Waals surface area contributed by atoms with Crippen LogP contribution in [-0.2, 0) is 6.42 Å². The summed E-state index contributed by atoms with van der Waals surface area (Å²) >= 11 is 0. The van der Waals surface area contributed by atoms with Crippen LogP contribution >= 0.6 is 0 Å². The van der Waals surface area contributed by atoms with Gasteiger partial charge in [-0.15, -0.1) is 0 Å². The van der Waals surface area contributed by atoms with E-state index >= 15 is 0 Å². The number of rotatable bonds is 2. The van der Waals surface area contributed by atoms with Crippen LogP contribution in [0.4, 0.5) is 17.3 Å². The fraction of sp³-hybridized carbons (Fsp3) is 0.474. The summed E-state index contributed by atoms with van der Waals surface area (Å²) in [5.74, 6) is 1.31. The fourth-order valence-corrected chi connectivity index (χ4v) is 3.73. The van der Waals surface area contributed by atoms with Crippen LogP contribution in [-0.4, -0.2) is 46.0 Å². The molecule has 27 heavy (non-hydrogen) atoms. The molecule has 0 radical (unpaired) electrons. The number of amidine groups is 1. The van der Waals surface area contributed by atoms with Crippen molar-refractivity contribution in [2.45, 2.75) is 38.1 Å². The minimum atomic E-state index is -0.118. The van der Waals surface area contributed by atoms with Gasteiger partial charge in [0.15, 0.2) is 11.7 Å². The quantitative estimate of drug-likeness (QED) is 0.544. The van der Waals surface area contributed by atoms with E-state index in [1.54, 1.807) is 12.4 Å². The lowest BCUT2D eigenvalue weighted by atomic mass is 9.91. The number of pyridine rings is 1. The molecule has 2 aliphatic heterocycles. The van der Waals surface area contributed by atoms with Gasteiger partial charge in [-0.2, -0.15) is 0 Å². The van der Waals surface area contributed by atoms with E-state index in [1.807, 2.05) is 17.0 Å². The summed E-state index contributed by atoms with van der Waals surface area (Å²) in [5, 5.41) is 8.65. The highest BCUT2D eigenvalue weighted by Gasteiger charge is 2.28. The van der Waals surface area contributed by atoms with Crippen molar-refractivity contribution >= 4 is 23.2 Å². The third kappa shape index (κ3) is 3.44. The Hall–Kier alpha value is -2.74. The molecular formula is C19H26N8. The van der Waals surface area contributed by atoms with Gasteiger partial charge in [-0.05, 0) is 44.7 Å². The molecule has 0 spiro atoms. The summed E-state index contributed by atoms with van der Waals surface area (Å²) in [5.41, 5.74) is 14.7. The van der Waals surface area contributed by atoms with Gasteiger partial charge >= 0.3 is 0 Å². The lowest BCUT2D eigenvalue weighted by molar-refractivity contribution is 0.363. The number of nitrogen functional groups attached to an aromatic ring is 1. The SMILES string of the molecule is CC1(N)CCN(c2cnc(C(=N)N3CCCc4ncccc43)c(N)n2)CC1. The van der Waals surface area contributed by atoms with Crippen LogP contribution in [0.5, 0.6) is 0 Å². The van der Waals surface area contributed by atoms with Crippen LogP contribution in [0.1, 0.15) is 37.6 Å². The molecule has 0 atom stereocenters. The molecule has 4 heterocycles. The predicted molar refractivity (Wildman–Crippen MR) is 107 cm³/mol. The lowest BCUT2D eigenvalue weighted by Gasteiger charge is -2.37. The molecule has 2 aromatic rings. The average molecular weight is 366 g/mol. The van der Waals surface area contributed by atoms with Crippen LogP contribution in [0.25, 0.3) is 0 Å². The molecule has 0 saturated carbocycles. The normalized spacial score (nSPS) is 18.9. The molecule has 8 nitrogen and oxygen atoms in total. The van der Waals surface area contributed by atoms with Gasteiger partial charge in [-0.3, -0.25) is 10.4 Å². The predicted octanol–water partition coefficient (Wildman–Crippen LogP) is 1.55. The van der Waals surface area contributed by atoms with Crippen molar-refractivity contribution < 1.29 is 0 Å². The number of hydrogen-bond acceptors (Lipinski definition) is 7. The van der Waals surface area contributed by atoms with E-state index in [9.17, 15) is 0 Å². The van der Waals surface area contributed by atoms with Crippen molar-refractivity contribution in [3.8, 4) is 0 Å². The number of nitrogens with two attached hydrogens (primary N) is 2. The van der Waals surface area contributed by atoms with Crippen molar-refractivity contribution in [3.05, 3.63) is 35.9 Å². The molecule has 8 heteroatoms. The molecule has 2 aromatic heterocycles. The second-order valence-corrected chi connectivity index (χ2v) is 7.68. The molecule has 1 saturated heterocycles. The first-order valence-corrected chi connectivity index (χ1v) is 9.41. The smallest absolute Gasteiger partial charge is 0.155 e. The van der Waals surface area contributed by atoms with Crippen molar-refractivity contribution in [3.63, 3.8) is 0 Å². The van der Waals surface area contributed by atoms with Crippen molar-refractivity contribution in [2.75, 3.05) is 35.2 Å². The molecule has 0 bridgehead atoms. The van der Waals surface area contributed by atoms with E-state index in [0.29, 0.717) is 5.69 Å². The Morgan fingerprint density at radius 3 is 2.74 bits per heavy atom. The number of fused-ring (bicyclic) bond motifs is 1. The van der Waals surface area contributed by atoms with Crippen molar-refractivity contribution in [1.29, 1.82) is 5.41 Å². The number of hydrogen-bond donors (Lipinski definition) is 3. The first-order chi connectivity index (χ1) is 12.9. The molecule has 4 rings (SSSR count). The van der Waals surface area contributed by atoms with E-state index < -0.39 is 0 Å². The summed E-state index contributed by atoms with van der Waals surface area (Å²) in [6.45, 7) is 4.51. The van der Waals surface area contributed by atoms with Gasteiger partial charge in [-0.25, -0.2) is 9.97 Å². The highest BCUT2D eigenvalue weighted by molar-refractivity contribution is 6.09. The molecule has 142 valence electrons. The standard InChI is InChI=1S/C19H26N8/c1-19(22)6-10-26(11-7-19)15-12-24-16(17(20)25-15)18(21)27-9-3-4-13-14(27)5-2-8-23-13/h2,5,8,12,21H,3-4,6-7,9-11,22H2,1H3,(H2,20,25). The Balaban J connectivity index is 1.56. The molecule has 0 unspecified atom stereocenters. The summed E-state index contributed by atoms with van der Waals surface area (Å²) in [6, 6.07) is 3.88. The number of anilines is 3. The van der Waals surface area contributed by atoms with Gasteiger partial charge in [0.2, 0.25) is 0 Å². The zero-order valence-electron chi connectivity index (χ0n) is 15.6. The first kappa shape index (κ1) is 17.7. The Morgan fingerprint density at radius 1 is 1.22 bits per heavy atom. The Morgan fingerprint density at radius 2 is 2.00 bits per heavy atom. The van der Waals surface area contributed by atoms with Crippen LogP contribution in [0, 0.1) is 5.41 Å². The van der Waals surface area contributed by atoms with Gasteiger partial charge in [0.05, 0.1) is 17.6 Å². The largest absolute Gasteiger partial charge is 0.382 e. The maximum Gasteiger partial charge on any atom is 0.155 e. The second-order valence-electron chi connectivity index (χ2n) is 7.68. The van der Waals surface area contributed by atoms with Crippen LogP contribution < -0.4 is 21.3 Å². The Labute approximate surface area is 159 Å². The van der Waals surface area contributed by atoms with E-state index in [1.165, 1.54) is 0 Å². The topological polar surface area (TPSA) is 121 Å². The lowest BCUT2D eigenvalue weighted by Crippen LogP contribution is -2.48. The van der Waals surface area contributed by atoms with Crippen molar-refractivity contribution in [2.24, 2.45) is 5.73 Å². The molecule has 2 aliphatic rings. The molecule has 0 amide bonds. The highest BCUT2D eigenvalue weighted by Crippen LogP contribution is 2.28. The Kier molecular flexibility index (Phi) is 4.43. The monoisotopic (exact) mass is 366 g/mol. The zero-order valence-corrected chi connectivity index (χ0v) is 15.6. The van der Waals surface area contributed by atoms with Crippen LogP contribution in [0.3, 0.4) is 0 Å². The maximum atomic E-state index is 8.65. The van der Waals surface area contributed by atoms with E-state index in [4.69, 9.17) is 16.9 Å². The third-order valence-electron chi connectivity index (χ3n) is 5.46. The first-order valence-electron chi connectivity index (χ1n) is 9.41. The zero-order chi connectivity index (χ0) is 19.0. The summed E-state index contributed by atoms with van der Waals surface area (Å²) in [7, 11) is 0. The van der Waals surface area contributed by atoms with Gasteiger partial charge in [0.25, 0.3) is 0 Å². The molecule has 5 N–H and O–H groups in total. The van der Waals surface area contributed by atoms with Gasteiger partial charge in [-0.1, -0.05) is 0 Å². The number of nitrogens with one attached hydrogen (secondary N) is 1. The third-order valence-corrected chi connectivity index (χ3v) is 5.46. The van der Waals surface area contributed by atoms with Gasteiger partial charge < -0.3 is 21.3 Å². The average Bonchev–Trinajstić information content (AvgIpc) is 2.67. The van der Waals surface area contributed by atoms with Gasteiger partial charge in [0, 0.05) is 31.4 Å². The fourth-order valence-electron chi connectivity index (χ4n) is 3.73. The minimum Gasteiger partial charge on any atom is -0.382 e. The Bertz CT molecular complexity index is 853. The number of aromatic nitrogens is 3. The molecule has 1 fully saturated rings. The van der Waals surface area contributed by atoms with Crippen LogP contribution in [0.15, 0.2) is 24.5 Å². The number of nitrogens with zero attached hydrogens (tertiary/aromatic N) is 5. The van der Waals surface area contributed by atoms with Gasteiger partial charge in [0.1, 0.15) is 11.5 Å².